The summed E-state index contributed by atoms with van der Waals surface area (Å²) in [6.45, 7) is 5.53. The lowest BCUT2D eigenvalue weighted by molar-refractivity contribution is 0.0189. The molecular formula is C26H32F4N6O2S. The van der Waals surface area contributed by atoms with E-state index in [2.05, 4.69) is 25.6 Å². The average Bonchev–Trinajstić information content (AvgIpc) is 2.87. The summed E-state index contributed by atoms with van der Waals surface area (Å²) in [7, 11) is -4.16. The Labute approximate surface area is 225 Å². The number of pyridine rings is 1. The first kappa shape index (κ1) is 28.9. The van der Waals surface area contributed by atoms with E-state index in [1.807, 2.05) is 18.6 Å². The minimum absolute atomic E-state index is 0.0101. The molecule has 39 heavy (non-hydrogen) atoms. The number of alkyl halides is 3. The summed E-state index contributed by atoms with van der Waals surface area (Å²) in [5, 5.41) is 6.49. The van der Waals surface area contributed by atoms with Crippen molar-refractivity contribution in [3.63, 3.8) is 0 Å². The Hall–Kier alpha value is -3.06. The molecule has 1 saturated heterocycles. The predicted molar refractivity (Wildman–Crippen MR) is 144 cm³/mol. The van der Waals surface area contributed by atoms with Crippen molar-refractivity contribution in [2.75, 3.05) is 35.6 Å². The number of fused-ring (bicyclic) bond motifs is 1. The van der Waals surface area contributed by atoms with Crippen molar-refractivity contribution in [2.24, 2.45) is 5.92 Å². The first-order chi connectivity index (χ1) is 18.3. The number of halogens is 4. The van der Waals surface area contributed by atoms with Gasteiger partial charge in [0.1, 0.15) is 11.3 Å². The summed E-state index contributed by atoms with van der Waals surface area (Å²) in [5.74, 6) is -4.47. The van der Waals surface area contributed by atoms with Crippen LogP contribution < -0.4 is 15.4 Å². The van der Waals surface area contributed by atoms with Crippen LogP contribution in [-0.4, -0.2) is 60.9 Å². The van der Waals surface area contributed by atoms with Gasteiger partial charge in [0.25, 0.3) is 0 Å². The molecule has 3 aromatic rings. The third-order valence-electron chi connectivity index (χ3n) is 6.53. The number of benzene rings is 1. The van der Waals surface area contributed by atoms with Crippen molar-refractivity contribution < 1.29 is 26.0 Å². The van der Waals surface area contributed by atoms with Gasteiger partial charge in [-0.15, -0.1) is 0 Å². The first-order valence-electron chi connectivity index (χ1n) is 12.7. The number of nitrogens with zero attached hydrogens (tertiary/aromatic N) is 3. The average molecular weight is 569 g/mol. The standard InChI is InChI=1S/C26H32F4N6O2S/c1-15(2)19-10-22(17-4-5-21(20(28)9-17)36-39(37,38)7-6-26(3,29)30)34-23-14-32-25(35-24(19)23)33-18-8-16(11-27)12-31-13-18/h4-5,9-10,14-16,18,31,36H,6-8,11-13H2,1-3H3,(H,32,33,35)/t16-,18-/m0/s1. The molecule has 3 heterocycles. The molecular weight excluding hydrogens is 536 g/mol. The normalized spacial score (nSPS) is 18.5. The molecule has 2 aromatic heterocycles. The van der Waals surface area contributed by atoms with Crippen LogP contribution in [0.3, 0.4) is 0 Å². The van der Waals surface area contributed by atoms with Crippen molar-refractivity contribution in [1.29, 1.82) is 0 Å². The van der Waals surface area contributed by atoms with Gasteiger partial charge in [-0.1, -0.05) is 19.9 Å². The molecule has 13 heteroatoms. The van der Waals surface area contributed by atoms with Crippen LogP contribution in [-0.2, 0) is 10.0 Å². The highest BCUT2D eigenvalue weighted by molar-refractivity contribution is 7.92. The van der Waals surface area contributed by atoms with E-state index in [0.717, 1.165) is 11.6 Å². The van der Waals surface area contributed by atoms with Crippen LogP contribution in [0.1, 0.15) is 45.1 Å². The fraction of sp³-hybridized carbons (Fsp3) is 0.500. The number of aromatic nitrogens is 3. The van der Waals surface area contributed by atoms with Gasteiger partial charge in [0.2, 0.25) is 21.9 Å². The van der Waals surface area contributed by atoms with E-state index in [0.29, 0.717) is 54.7 Å². The van der Waals surface area contributed by atoms with Crippen LogP contribution in [0, 0.1) is 11.7 Å². The summed E-state index contributed by atoms with van der Waals surface area (Å²) in [6, 6.07) is 5.66. The van der Waals surface area contributed by atoms with E-state index in [-0.39, 0.29) is 30.2 Å². The molecule has 0 amide bonds. The van der Waals surface area contributed by atoms with E-state index >= 15 is 0 Å². The second-order valence-electron chi connectivity index (χ2n) is 10.4. The van der Waals surface area contributed by atoms with Gasteiger partial charge < -0.3 is 10.6 Å². The Morgan fingerprint density at radius 3 is 2.62 bits per heavy atom. The van der Waals surface area contributed by atoms with Crippen molar-refractivity contribution in [3.8, 4) is 11.3 Å². The monoisotopic (exact) mass is 568 g/mol. The molecule has 2 atom stereocenters. The number of hydrogen-bond acceptors (Lipinski definition) is 7. The van der Waals surface area contributed by atoms with Gasteiger partial charge in [-0.2, -0.15) is 0 Å². The molecule has 1 aromatic carbocycles. The maximum atomic E-state index is 14.9. The summed E-state index contributed by atoms with van der Waals surface area (Å²) in [6.07, 6.45) is 1.36. The Morgan fingerprint density at radius 1 is 1.18 bits per heavy atom. The largest absolute Gasteiger partial charge is 0.350 e. The van der Waals surface area contributed by atoms with Crippen LogP contribution in [0.2, 0.25) is 0 Å². The maximum Gasteiger partial charge on any atom is 0.246 e. The molecule has 1 aliphatic rings. The van der Waals surface area contributed by atoms with Crippen LogP contribution in [0.15, 0.2) is 30.5 Å². The lowest BCUT2D eigenvalue weighted by Crippen LogP contribution is -2.44. The second-order valence-corrected chi connectivity index (χ2v) is 12.2. The molecule has 8 nitrogen and oxygen atoms in total. The highest BCUT2D eigenvalue weighted by Gasteiger charge is 2.26. The van der Waals surface area contributed by atoms with Crippen LogP contribution in [0.5, 0.6) is 0 Å². The third kappa shape index (κ3) is 7.53. The van der Waals surface area contributed by atoms with Gasteiger partial charge >= 0.3 is 0 Å². The van der Waals surface area contributed by atoms with Crippen LogP contribution in [0.4, 0.5) is 29.2 Å². The van der Waals surface area contributed by atoms with Gasteiger partial charge in [-0.05, 0) is 43.0 Å². The Balaban J connectivity index is 1.59. The molecule has 0 spiro atoms. The van der Waals surface area contributed by atoms with Crippen LogP contribution in [0.25, 0.3) is 22.3 Å². The number of hydrogen-bond donors (Lipinski definition) is 3. The molecule has 1 aliphatic heterocycles. The predicted octanol–water partition coefficient (Wildman–Crippen LogP) is 5.10. The molecule has 0 radical (unpaired) electrons. The van der Waals surface area contributed by atoms with E-state index < -0.39 is 33.9 Å². The van der Waals surface area contributed by atoms with Gasteiger partial charge in [-0.3, -0.25) is 9.11 Å². The molecule has 0 saturated carbocycles. The quantitative estimate of drug-likeness (QED) is 0.292. The fourth-order valence-electron chi connectivity index (χ4n) is 4.44. The fourth-order valence-corrected chi connectivity index (χ4v) is 5.66. The van der Waals surface area contributed by atoms with Gasteiger partial charge in [0, 0.05) is 37.0 Å². The topological polar surface area (TPSA) is 109 Å². The van der Waals surface area contributed by atoms with Gasteiger partial charge in [0.05, 0.1) is 35.5 Å². The minimum Gasteiger partial charge on any atom is -0.350 e. The number of nitrogens with one attached hydrogen (secondary N) is 3. The first-order valence-corrected chi connectivity index (χ1v) is 14.4. The molecule has 3 N–H and O–H groups in total. The summed E-state index contributed by atoms with van der Waals surface area (Å²) >= 11 is 0. The summed E-state index contributed by atoms with van der Waals surface area (Å²) in [4.78, 5) is 13.7. The number of anilines is 2. The number of rotatable bonds is 10. The number of piperidine rings is 1. The highest BCUT2D eigenvalue weighted by Crippen LogP contribution is 2.31. The lowest BCUT2D eigenvalue weighted by atomic mass is 9.97. The number of sulfonamides is 1. The van der Waals surface area contributed by atoms with Gasteiger partial charge in [-0.25, -0.2) is 36.5 Å². The molecule has 212 valence electrons. The Morgan fingerprint density at radius 2 is 1.95 bits per heavy atom. The lowest BCUT2D eigenvalue weighted by Gasteiger charge is -2.29. The molecule has 0 aliphatic carbocycles. The van der Waals surface area contributed by atoms with E-state index in [1.165, 1.54) is 12.1 Å². The van der Waals surface area contributed by atoms with Crippen molar-refractivity contribution in [2.45, 2.75) is 51.5 Å². The zero-order valence-corrected chi connectivity index (χ0v) is 22.8. The zero-order chi connectivity index (χ0) is 28.4. The SMILES string of the molecule is CC(C)c1cc(-c2ccc(NS(=O)(=O)CCC(C)(F)F)c(F)c2)nc2cnc(N[C@@H]3CNC[C@H](CF)C3)nc12. The van der Waals surface area contributed by atoms with Crippen molar-refractivity contribution in [3.05, 3.63) is 41.8 Å². The Kier molecular flexibility index (Phi) is 8.60. The third-order valence-corrected chi connectivity index (χ3v) is 7.80. The summed E-state index contributed by atoms with van der Waals surface area (Å²) < 4.78 is 80.5. The van der Waals surface area contributed by atoms with E-state index in [1.54, 1.807) is 12.3 Å². The van der Waals surface area contributed by atoms with Crippen molar-refractivity contribution >= 4 is 32.7 Å². The highest BCUT2D eigenvalue weighted by atomic mass is 32.2. The maximum absolute atomic E-state index is 14.9. The Bertz CT molecular complexity index is 1430. The van der Waals surface area contributed by atoms with E-state index in [4.69, 9.17) is 0 Å². The second kappa shape index (κ2) is 11.6. The van der Waals surface area contributed by atoms with Gasteiger partial charge in [0.15, 0.2) is 0 Å². The van der Waals surface area contributed by atoms with E-state index in [9.17, 15) is 26.0 Å². The molecule has 0 bridgehead atoms. The molecule has 1 fully saturated rings. The molecule has 4 rings (SSSR count). The molecule has 0 unspecified atom stereocenters. The smallest absolute Gasteiger partial charge is 0.246 e. The zero-order valence-electron chi connectivity index (χ0n) is 21.9. The summed E-state index contributed by atoms with van der Waals surface area (Å²) in [5.41, 5.74) is 2.48. The van der Waals surface area contributed by atoms with Crippen molar-refractivity contribution in [1.82, 2.24) is 20.3 Å². The van der Waals surface area contributed by atoms with Crippen LogP contribution >= 0.6 is 0 Å². The minimum atomic E-state index is -4.16.